The molecule has 0 bridgehead atoms. The first-order valence-corrected chi connectivity index (χ1v) is 13.2. The van der Waals surface area contributed by atoms with E-state index in [1.807, 2.05) is 49.4 Å². The fourth-order valence-corrected chi connectivity index (χ4v) is 5.12. The second kappa shape index (κ2) is 10.3. The third-order valence-corrected chi connectivity index (χ3v) is 7.15. The van der Waals surface area contributed by atoms with Crippen LogP contribution in [0.25, 0.3) is 10.8 Å². The highest BCUT2D eigenvalue weighted by atomic mass is 35.5. The zero-order chi connectivity index (χ0) is 25.5. The molecule has 1 heterocycles. The summed E-state index contributed by atoms with van der Waals surface area (Å²) in [5.41, 5.74) is 9.23. The summed E-state index contributed by atoms with van der Waals surface area (Å²) in [4.78, 5) is 29.6. The van der Waals surface area contributed by atoms with Gasteiger partial charge in [-0.3, -0.25) is 9.59 Å². The Labute approximate surface area is 216 Å². The number of sulfone groups is 1. The van der Waals surface area contributed by atoms with Crippen molar-refractivity contribution in [1.29, 1.82) is 5.26 Å². The minimum atomic E-state index is -3.64. The number of hydrogen-bond acceptors (Lipinski definition) is 6. The summed E-state index contributed by atoms with van der Waals surface area (Å²) >= 11 is 0. The van der Waals surface area contributed by atoms with Crippen LogP contribution in [0, 0.1) is 18.3 Å². The third-order valence-electron chi connectivity index (χ3n) is 6.38. The zero-order valence-corrected chi connectivity index (χ0v) is 21.8. The summed E-state index contributed by atoms with van der Waals surface area (Å²) < 4.78 is 23.8. The molecule has 10 heteroatoms. The molecule has 0 unspecified atom stereocenters. The Morgan fingerprint density at radius 1 is 1.11 bits per heavy atom. The first kappa shape index (κ1) is 27.1. The smallest absolute Gasteiger partial charge is 0.246 e. The van der Waals surface area contributed by atoms with Gasteiger partial charge in [0.2, 0.25) is 11.8 Å². The summed E-state index contributed by atoms with van der Waals surface area (Å²) in [6, 6.07) is 16.7. The molecule has 4 rings (SSSR count). The van der Waals surface area contributed by atoms with E-state index >= 15 is 0 Å². The van der Waals surface area contributed by atoms with E-state index in [0.29, 0.717) is 5.69 Å². The number of anilines is 2. The van der Waals surface area contributed by atoms with Crippen molar-refractivity contribution in [1.82, 2.24) is 0 Å². The summed E-state index contributed by atoms with van der Waals surface area (Å²) in [6.07, 6.45) is 0.973. The summed E-state index contributed by atoms with van der Waals surface area (Å²) in [7, 11) is -3.64. The van der Waals surface area contributed by atoms with Crippen LogP contribution in [0.3, 0.4) is 0 Å². The number of carbonyl (C=O) groups is 2. The van der Waals surface area contributed by atoms with Crippen LogP contribution >= 0.6 is 12.4 Å². The number of hydrogen-bond donors (Lipinski definition) is 1. The van der Waals surface area contributed by atoms with Gasteiger partial charge in [-0.2, -0.15) is 5.26 Å². The number of rotatable bonds is 4. The van der Waals surface area contributed by atoms with E-state index in [0.717, 1.165) is 28.2 Å². The van der Waals surface area contributed by atoms with Crippen LogP contribution in [0.5, 0.6) is 0 Å². The van der Waals surface area contributed by atoms with Gasteiger partial charge in [0.15, 0.2) is 9.84 Å². The lowest BCUT2D eigenvalue weighted by molar-refractivity contribution is -0.120. The van der Waals surface area contributed by atoms with Crippen molar-refractivity contribution in [3.8, 4) is 6.07 Å². The number of nitriles is 1. The van der Waals surface area contributed by atoms with Crippen molar-refractivity contribution in [2.75, 3.05) is 21.8 Å². The Balaban J connectivity index is 0.00000361. The molecule has 1 aliphatic rings. The predicted octanol–water partition coefficient (Wildman–Crippen LogP) is 3.08. The summed E-state index contributed by atoms with van der Waals surface area (Å²) in [5, 5.41) is 11.5. The van der Waals surface area contributed by atoms with Crippen LogP contribution in [-0.2, 0) is 26.0 Å². The molecular weight excluding hydrogens is 500 g/mol. The number of halogens is 1. The van der Waals surface area contributed by atoms with Gasteiger partial charge in [-0.15, -0.1) is 12.4 Å². The van der Waals surface area contributed by atoms with E-state index in [4.69, 9.17) is 5.73 Å². The number of nitrogens with two attached hydrogens (primary N) is 1. The highest BCUT2D eigenvalue weighted by Crippen LogP contribution is 2.38. The summed E-state index contributed by atoms with van der Waals surface area (Å²) in [5.74, 6) is -1.84. The largest absolute Gasteiger partial charge is 0.318 e. The Hall–Kier alpha value is -3.45. The van der Waals surface area contributed by atoms with Gasteiger partial charge in [-0.25, -0.2) is 8.42 Å². The maximum absolute atomic E-state index is 13.7. The van der Waals surface area contributed by atoms with Crippen molar-refractivity contribution in [3.05, 3.63) is 71.3 Å². The Morgan fingerprint density at radius 3 is 2.47 bits per heavy atom. The molecule has 0 spiro atoms. The molecule has 1 aliphatic heterocycles. The Kier molecular flexibility index (Phi) is 7.74. The SMILES string of the molecule is Cc1ccc2ccccc2c1CN1C(=O)[C@@H](N)[C@H](C)N(C(=O)CS(C)(=O)=O)c2cc(C#N)ccc21.Cl. The molecule has 0 fully saturated rings. The fraction of sp³-hybridized carbons (Fsp3) is 0.269. The van der Waals surface area contributed by atoms with Gasteiger partial charge in [-0.1, -0.05) is 36.4 Å². The average Bonchev–Trinajstić information content (AvgIpc) is 2.88. The number of aryl methyl sites for hydroxylation is 1. The second-order valence-electron chi connectivity index (χ2n) is 8.92. The Morgan fingerprint density at radius 2 is 1.81 bits per heavy atom. The average molecular weight is 527 g/mol. The molecule has 2 amide bonds. The molecule has 188 valence electrons. The van der Waals surface area contributed by atoms with Gasteiger partial charge in [0.05, 0.1) is 35.6 Å². The summed E-state index contributed by atoms with van der Waals surface area (Å²) in [6.45, 7) is 3.77. The lowest BCUT2D eigenvalue weighted by Gasteiger charge is -2.30. The van der Waals surface area contributed by atoms with Crippen molar-refractivity contribution in [3.63, 3.8) is 0 Å². The normalized spacial score (nSPS) is 17.7. The molecular formula is C26H27ClN4O4S. The Bertz CT molecular complexity index is 1500. The van der Waals surface area contributed by atoms with E-state index in [1.54, 1.807) is 19.1 Å². The van der Waals surface area contributed by atoms with E-state index in [2.05, 4.69) is 0 Å². The van der Waals surface area contributed by atoms with Gasteiger partial charge in [0.1, 0.15) is 11.8 Å². The van der Waals surface area contributed by atoms with Gasteiger partial charge in [0, 0.05) is 6.26 Å². The molecule has 0 saturated heterocycles. The predicted molar refractivity (Wildman–Crippen MR) is 143 cm³/mol. The van der Waals surface area contributed by atoms with Gasteiger partial charge in [-0.05, 0) is 53.9 Å². The molecule has 8 nitrogen and oxygen atoms in total. The minimum absolute atomic E-state index is 0. The first-order valence-electron chi connectivity index (χ1n) is 11.1. The van der Waals surface area contributed by atoms with Crippen LogP contribution in [0.15, 0.2) is 54.6 Å². The number of fused-ring (bicyclic) bond motifs is 2. The highest BCUT2D eigenvalue weighted by molar-refractivity contribution is 7.91. The molecule has 2 atom stereocenters. The maximum atomic E-state index is 13.7. The van der Waals surface area contributed by atoms with Crippen molar-refractivity contribution >= 4 is 56.2 Å². The van der Waals surface area contributed by atoms with E-state index < -0.39 is 39.5 Å². The molecule has 3 aromatic rings. The molecule has 0 radical (unpaired) electrons. The monoisotopic (exact) mass is 526 g/mol. The first-order chi connectivity index (χ1) is 16.5. The van der Waals surface area contributed by atoms with E-state index in [-0.39, 0.29) is 30.2 Å². The van der Waals surface area contributed by atoms with Gasteiger partial charge in [0.25, 0.3) is 0 Å². The standard InChI is InChI=1S/C26H26N4O4S.ClH/c1-16-8-10-19-6-4-5-7-20(19)21(16)14-29-22-11-9-18(13-27)12-23(22)30(17(2)25(28)26(29)32)24(31)15-35(3,33)34;/h4-12,17,25H,14-15,28H2,1-3H3;1H/t17-,25-;/m0./s1. The van der Waals surface area contributed by atoms with Crippen LogP contribution in [0.1, 0.15) is 23.6 Å². The van der Waals surface area contributed by atoms with Crippen molar-refractivity contribution in [2.45, 2.75) is 32.5 Å². The van der Waals surface area contributed by atoms with Crippen LogP contribution in [0.2, 0.25) is 0 Å². The second-order valence-corrected chi connectivity index (χ2v) is 11.1. The van der Waals surface area contributed by atoms with E-state index in [9.17, 15) is 23.3 Å². The van der Waals surface area contributed by atoms with Crippen molar-refractivity contribution in [2.24, 2.45) is 5.73 Å². The van der Waals surface area contributed by atoms with Crippen LogP contribution in [0.4, 0.5) is 11.4 Å². The van der Waals surface area contributed by atoms with Crippen LogP contribution < -0.4 is 15.5 Å². The lowest BCUT2D eigenvalue weighted by Crippen LogP contribution is -2.55. The minimum Gasteiger partial charge on any atom is -0.318 e. The van der Waals surface area contributed by atoms with Gasteiger partial charge >= 0.3 is 0 Å². The van der Waals surface area contributed by atoms with E-state index in [1.165, 1.54) is 15.9 Å². The molecule has 0 saturated carbocycles. The maximum Gasteiger partial charge on any atom is 0.246 e. The van der Waals surface area contributed by atoms with Crippen LogP contribution in [-0.4, -0.2) is 44.3 Å². The number of benzene rings is 3. The molecule has 2 N–H and O–H groups in total. The van der Waals surface area contributed by atoms with Crippen molar-refractivity contribution < 1.29 is 18.0 Å². The molecule has 3 aromatic carbocycles. The van der Waals surface area contributed by atoms with Gasteiger partial charge < -0.3 is 15.5 Å². The number of nitrogens with zero attached hydrogens (tertiary/aromatic N) is 3. The number of carbonyl (C=O) groups excluding carboxylic acids is 2. The molecule has 0 aromatic heterocycles. The molecule has 36 heavy (non-hydrogen) atoms. The zero-order valence-electron chi connectivity index (χ0n) is 20.1. The molecule has 0 aliphatic carbocycles. The topological polar surface area (TPSA) is 125 Å². The highest BCUT2D eigenvalue weighted by Gasteiger charge is 2.40. The lowest BCUT2D eigenvalue weighted by atomic mass is 9.98. The quantitative estimate of drug-likeness (QED) is 0.557. The fourth-order valence-electron chi connectivity index (χ4n) is 4.53. The number of amides is 2. The third kappa shape index (κ3) is 5.07.